The molecule has 0 fully saturated rings. The fourth-order valence-electron chi connectivity index (χ4n) is 2.93. The van der Waals surface area contributed by atoms with Crippen LogP contribution >= 0.6 is 11.6 Å². The number of aliphatic imine (C=N–C) groups is 1. The van der Waals surface area contributed by atoms with E-state index in [0.29, 0.717) is 6.42 Å². The van der Waals surface area contributed by atoms with Gasteiger partial charge in [-0.2, -0.15) is 0 Å². The molecular weight excluding hydrogens is 294 g/mol. The van der Waals surface area contributed by atoms with E-state index in [9.17, 15) is 4.79 Å². The van der Waals surface area contributed by atoms with Gasteiger partial charge in [0.05, 0.1) is 17.7 Å². The second kappa shape index (κ2) is 5.69. The van der Waals surface area contributed by atoms with E-state index in [4.69, 9.17) is 16.6 Å². The highest BCUT2D eigenvalue weighted by Crippen LogP contribution is 2.30. The fraction of sp³-hybridized carbons (Fsp3) is 0.263. The van der Waals surface area contributed by atoms with Gasteiger partial charge in [-0.1, -0.05) is 48.0 Å². The summed E-state index contributed by atoms with van der Waals surface area (Å²) in [5.74, 6) is 0.0953. The number of Topliss-reactive ketones (excluding diaryl/α,β-unsaturated/α-hetero) is 1. The summed E-state index contributed by atoms with van der Waals surface area (Å²) in [7, 11) is 0. The molecular formula is C19H18ClNO. The molecule has 0 bridgehead atoms. The van der Waals surface area contributed by atoms with Crippen molar-refractivity contribution in [3.8, 4) is 0 Å². The van der Waals surface area contributed by atoms with Gasteiger partial charge in [0.25, 0.3) is 0 Å². The predicted molar refractivity (Wildman–Crippen MR) is 91.2 cm³/mol. The summed E-state index contributed by atoms with van der Waals surface area (Å²) in [5.41, 5.74) is 3.60. The molecule has 3 rings (SSSR count). The Balaban J connectivity index is 1.95. The minimum atomic E-state index is -0.204. The Hall–Kier alpha value is -1.93. The summed E-state index contributed by atoms with van der Waals surface area (Å²) < 4.78 is 0. The quantitative estimate of drug-likeness (QED) is 0.753. The van der Waals surface area contributed by atoms with Crippen LogP contribution < -0.4 is 0 Å². The van der Waals surface area contributed by atoms with Gasteiger partial charge in [0.1, 0.15) is 0 Å². The second-order valence-electron chi connectivity index (χ2n) is 6.32. The molecule has 1 heterocycles. The van der Waals surface area contributed by atoms with Crippen LogP contribution in [0.25, 0.3) is 0 Å². The maximum Gasteiger partial charge on any atom is 0.168 e. The molecule has 3 heteroatoms. The maximum atomic E-state index is 12.5. The molecule has 0 saturated heterocycles. The van der Waals surface area contributed by atoms with Gasteiger partial charge in [-0.15, -0.1) is 0 Å². The lowest BCUT2D eigenvalue weighted by Crippen LogP contribution is -2.30. The van der Waals surface area contributed by atoms with Gasteiger partial charge in [0, 0.05) is 10.6 Å². The van der Waals surface area contributed by atoms with Gasteiger partial charge in [0.15, 0.2) is 5.78 Å². The number of fused-ring (bicyclic) bond motifs is 1. The van der Waals surface area contributed by atoms with Gasteiger partial charge < -0.3 is 0 Å². The summed E-state index contributed by atoms with van der Waals surface area (Å²) in [5, 5.41) is 0.727. The zero-order valence-corrected chi connectivity index (χ0v) is 13.5. The number of hydrogen-bond donors (Lipinski definition) is 0. The van der Waals surface area contributed by atoms with Crippen LogP contribution in [0.2, 0.25) is 5.02 Å². The van der Waals surface area contributed by atoms with Crippen LogP contribution in [0.3, 0.4) is 0 Å². The number of carbonyl (C=O) groups excluding carboxylic acids is 1. The molecule has 0 saturated carbocycles. The first kappa shape index (κ1) is 15.0. The summed E-state index contributed by atoms with van der Waals surface area (Å²) >= 11 is 6.11. The summed E-state index contributed by atoms with van der Waals surface area (Å²) in [6.45, 7) is 4.17. The maximum absolute atomic E-state index is 12.5. The van der Waals surface area contributed by atoms with Crippen molar-refractivity contribution in [2.24, 2.45) is 4.99 Å². The molecule has 0 unspecified atom stereocenters. The van der Waals surface area contributed by atoms with Gasteiger partial charge >= 0.3 is 0 Å². The van der Waals surface area contributed by atoms with Crippen LogP contribution in [0, 0.1) is 0 Å². The highest BCUT2D eigenvalue weighted by Gasteiger charge is 2.27. The molecule has 2 aromatic rings. The van der Waals surface area contributed by atoms with E-state index in [2.05, 4.69) is 13.8 Å². The largest absolute Gasteiger partial charge is 0.294 e. The van der Waals surface area contributed by atoms with Gasteiger partial charge in [-0.05, 0) is 43.5 Å². The molecule has 0 aromatic heterocycles. The minimum absolute atomic E-state index is 0.0953. The third kappa shape index (κ3) is 3.12. The Labute approximate surface area is 135 Å². The van der Waals surface area contributed by atoms with Crippen molar-refractivity contribution >= 4 is 23.1 Å². The molecule has 0 aliphatic carbocycles. The Kier molecular flexibility index (Phi) is 3.88. The monoisotopic (exact) mass is 311 g/mol. The average molecular weight is 312 g/mol. The van der Waals surface area contributed by atoms with Gasteiger partial charge in [0.2, 0.25) is 0 Å². The highest BCUT2D eigenvalue weighted by molar-refractivity contribution is 6.31. The molecule has 0 N–H and O–H groups in total. The molecule has 0 spiro atoms. The van der Waals surface area contributed by atoms with Crippen molar-refractivity contribution in [2.45, 2.75) is 32.2 Å². The van der Waals surface area contributed by atoms with E-state index >= 15 is 0 Å². The second-order valence-corrected chi connectivity index (χ2v) is 6.75. The predicted octanol–water partition coefficient (Wildman–Crippen LogP) is 4.74. The van der Waals surface area contributed by atoms with Gasteiger partial charge in [-0.25, -0.2) is 0 Å². The number of carbonyl (C=O) groups is 1. The summed E-state index contributed by atoms with van der Waals surface area (Å²) in [4.78, 5) is 17.3. The molecule has 2 nitrogen and oxygen atoms in total. The molecule has 0 atom stereocenters. The molecule has 0 radical (unpaired) electrons. The van der Waals surface area contributed by atoms with Crippen LogP contribution in [0.15, 0.2) is 53.5 Å². The third-order valence-electron chi connectivity index (χ3n) is 3.86. The number of benzene rings is 2. The zero-order chi connectivity index (χ0) is 15.7. The van der Waals surface area contributed by atoms with Gasteiger partial charge in [-0.3, -0.25) is 9.79 Å². The first-order chi connectivity index (χ1) is 10.4. The number of rotatable bonds is 3. The number of halogens is 1. The SMILES string of the molecule is CC1(C)Cc2cc(Cl)ccc2C(CC(=O)c2ccccc2)=N1. The smallest absolute Gasteiger partial charge is 0.168 e. The number of hydrogen-bond acceptors (Lipinski definition) is 2. The van der Waals surface area contributed by atoms with Crippen LogP contribution in [-0.4, -0.2) is 17.0 Å². The van der Waals surface area contributed by atoms with E-state index in [-0.39, 0.29) is 11.3 Å². The molecule has 1 aliphatic rings. The van der Waals surface area contributed by atoms with Crippen molar-refractivity contribution in [2.75, 3.05) is 0 Å². The first-order valence-corrected chi connectivity index (χ1v) is 7.78. The third-order valence-corrected chi connectivity index (χ3v) is 4.10. The lowest BCUT2D eigenvalue weighted by molar-refractivity contribution is 0.100. The van der Waals surface area contributed by atoms with E-state index in [1.165, 1.54) is 5.56 Å². The summed E-state index contributed by atoms with van der Waals surface area (Å²) in [6, 6.07) is 15.2. The van der Waals surface area contributed by atoms with Crippen molar-refractivity contribution in [3.63, 3.8) is 0 Å². The summed E-state index contributed by atoms with van der Waals surface area (Å²) in [6.07, 6.45) is 1.16. The van der Waals surface area contributed by atoms with E-state index in [1.54, 1.807) is 0 Å². The van der Waals surface area contributed by atoms with Crippen LogP contribution in [0.1, 0.15) is 41.8 Å². The van der Waals surface area contributed by atoms with E-state index in [1.807, 2.05) is 48.5 Å². The molecule has 112 valence electrons. The number of nitrogens with zero attached hydrogens (tertiary/aromatic N) is 1. The molecule has 2 aromatic carbocycles. The van der Waals surface area contributed by atoms with Crippen molar-refractivity contribution in [1.82, 2.24) is 0 Å². The molecule has 22 heavy (non-hydrogen) atoms. The van der Waals surface area contributed by atoms with Crippen LogP contribution in [0.4, 0.5) is 0 Å². The van der Waals surface area contributed by atoms with E-state index in [0.717, 1.165) is 28.3 Å². The first-order valence-electron chi connectivity index (χ1n) is 7.40. The molecule has 1 aliphatic heterocycles. The Morgan fingerprint density at radius 2 is 1.91 bits per heavy atom. The Morgan fingerprint density at radius 3 is 2.64 bits per heavy atom. The molecule has 0 amide bonds. The normalized spacial score (nSPS) is 15.9. The minimum Gasteiger partial charge on any atom is -0.294 e. The van der Waals surface area contributed by atoms with Crippen LogP contribution in [0.5, 0.6) is 0 Å². The Morgan fingerprint density at radius 1 is 1.18 bits per heavy atom. The van der Waals surface area contributed by atoms with Crippen molar-refractivity contribution in [3.05, 3.63) is 70.2 Å². The average Bonchev–Trinajstić information content (AvgIpc) is 2.46. The zero-order valence-electron chi connectivity index (χ0n) is 12.8. The topological polar surface area (TPSA) is 29.4 Å². The Bertz CT molecular complexity index is 747. The standard InChI is InChI=1S/C19H18ClNO/c1-19(2)12-14-10-15(20)8-9-16(14)17(21-19)11-18(22)13-6-4-3-5-7-13/h3-10H,11-12H2,1-2H3. The lowest BCUT2D eigenvalue weighted by atomic mass is 9.85. The van der Waals surface area contributed by atoms with Crippen molar-refractivity contribution < 1.29 is 4.79 Å². The van der Waals surface area contributed by atoms with Crippen LogP contribution in [-0.2, 0) is 6.42 Å². The lowest BCUT2D eigenvalue weighted by Gasteiger charge is -2.29. The fourth-order valence-corrected chi connectivity index (χ4v) is 3.13. The van der Waals surface area contributed by atoms with E-state index < -0.39 is 0 Å². The number of ketones is 1. The van der Waals surface area contributed by atoms with Crippen molar-refractivity contribution in [1.29, 1.82) is 0 Å². The highest BCUT2D eigenvalue weighted by atomic mass is 35.5.